The fraction of sp³-hybridized carbons (Fsp3) is 0.680. The molecular weight excluding hydrogens is 402 g/mol. The molecule has 1 aromatic rings. The summed E-state index contributed by atoms with van der Waals surface area (Å²) >= 11 is 0. The summed E-state index contributed by atoms with van der Waals surface area (Å²) in [5.41, 5.74) is 3.93. The van der Waals surface area contributed by atoms with Crippen LogP contribution in [0.15, 0.2) is 18.2 Å². The molecule has 2 aliphatic heterocycles. The summed E-state index contributed by atoms with van der Waals surface area (Å²) in [6, 6.07) is 6.98. The topological polar surface area (TPSA) is 67.9 Å². The number of benzene rings is 1. The number of amides is 2. The highest BCUT2D eigenvalue weighted by molar-refractivity contribution is 6.35. The number of rotatable bonds is 5. The maximum atomic E-state index is 12.6. The maximum absolute atomic E-state index is 12.6. The number of nitrogens with one attached hydrogen (secondary N) is 2. The minimum atomic E-state index is -0.507. The number of aryl methyl sites for hydroxylation is 1. The third-order valence-electron chi connectivity index (χ3n) is 7.42. The smallest absolute Gasteiger partial charge is 0.309 e. The summed E-state index contributed by atoms with van der Waals surface area (Å²) in [5.74, 6) is -0.992. The molecule has 2 heterocycles. The Kier molecular flexibility index (Phi) is 7.68. The summed E-state index contributed by atoms with van der Waals surface area (Å²) in [6.07, 6.45) is 7.71. The molecule has 2 fully saturated rings. The van der Waals surface area contributed by atoms with Crippen LogP contribution in [0.3, 0.4) is 0 Å². The Balaban J connectivity index is 1.44. The Labute approximate surface area is 192 Å². The van der Waals surface area contributed by atoms with E-state index in [0.29, 0.717) is 6.54 Å². The SMILES string of the molecule is CN1CCN([C@@H](CNC(=O)C(=O)NC2CCCCC2)c2ccc3c(c2)CCCN3C)CC1. The van der Waals surface area contributed by atoms with Gasteiger partial charge in [0.1, 0.15) is 0 Å². The van der Waals surface area contributed by atoms with Crippen molar-refractivity contribution in [2.45, 2.75) is 57.0 Å². The first-order chi connectivity index (χ1) is 15.5. The van der Waals surface area contributed by atoms with Crippen molar-refractivity contribution in [2.75, 3.05) is 58.3 Å². The fourth-order valence-electron chi connectivity index (χ4n) is 5.37. The Morgan fingerprint density at radius 3 is 2.47 bits per heavy atom. The molecule has 7 nitrogen and oxygen atoms in total. The Bertz CT molecular complexity index is 800. The number of carbonyl (C=O) groups excluding carboxylic acids is 2. The standard InChI is InChI=1S/C25H39N5O2/c1-28-13-15-30(16-14-28)23(20-10-11-22-19(17-20)7-6-12-29(22)2)18-26-24(31)25(32)27-21-8-4-3-5-9-21/h10-11,17,21,23H,3-9,12-16,18H2,1-2H3,(H,26,31)(H,27,32)/t23-/m0/s1. The van der Waals surface area contributed by atoms with Gasteiger partial charge in [0.25, 0.3) is 0 Å². The third kappa shape index (κ3) is 5.62. The molecule has 32 heavy (non-hydrogen) atoms. The molecule has 7 heteroatoms. The first kappa shape index (κ1) is 23.1. The van der Waals surface area contributed by atoms with Gasteiger partial charge in [0.05, 0.1) is 6.04 Å². The molecule has 1 saturated heterocycles. The van der Waals surface area contributed by atoms with Crippen LogP contribution in [0.2, 0.25) is 0 Å². The number of hydrogen-bond acceptors (Lipinski definition) is 5. The molecule has 0 aromatic heterocycles. The van der Waals surface area contributed by atoms with Gasteiger partial charge in [-0.2, -0.15) is 0 Å². The van der Waals surface area contributed by atoms with Gasteiger partial charge in [-0.1, -0.05) is 31.4 Å². The second-order valence-corrected chi connectivity index (χ2v) is 9.79. The molecule has 0 bridgehead atoms. The number of carbonyl (C=O) groups is 2. The molecule has 0 unspecified atom stereocenters. The zero-order valence-electron chi connectivity index (χ0n) is 19.7. The predicted molar refractivity (Wildman–Crippen MR) is 128 cm³/mol. The van der Waals surface area contributed by atoms with Gasteiger partial charge in [-0.05, 0) is 49.9 Å². The Morgan fingerprint density at radius 1 is 0.969 bits per heavy atom. The van der Waals surface area contributed by atoms with Crippen molar-refractivity contribution in [3.05, 3.63) is 29.3 Å². The first-order valence-corrected chi connectivity index (χ1v) is 12.4. The zero-order valence-corrected chi connectivity index (χ0v) is 19.7. The number of nitrogens with zero attached hydrogens (tertiary/aromatic N) is 3. The molecular formula is C25H39N5O2. The lowest BCUT2D eigenvalue weighted by Crippen LogP contribution is -2.50. The first-order valence-electron chi connectivity index (χ1n) is 12.4. The van der Waals surface area contributed by atoms with Gasteiger partial charge in [-0.3, -0.25) is 14.5 Å². The van der Waals surface area contributed by atoms with Gasteiger partial charge in [0, 0.05) is 58.0 Å². The molecule has 1 atom stereocenters. The van der Waals surface area contributed by atoms with Crippen molar-refractivity contribution in [2.24, 2.45) is 0 Å². The highest BCUT2D eigenvalue weighted by atomic mass is 16.2. The largest absolute Gasteiger partial charge is 0.374 e. The van der Waals surface area contributed by atoms with E-state index < -0.39 is 11.8 Å². The number of anilines is 1. The number of hydrogen-bond donors (Lipinski definition) is 2. The van der Waals surface area contributed by atoms with Crippen molar-refractivity contribution in [3.63, 3.8) is 0 Å². The van der Waals surface area contributed by atoms with Gasteiger partial charge in [0.15, 0.2) is 0 Å². The van der Waals surface area contributed by atoms with Crippen molar-refractivity contribution in [1.82, 2.24) is 20.4 Å². The van der Waals surface area contributed by atoms with E-state index in [1.807, 2.05) is 0 Å². The lowest BCUT2D eigenvalue weighted by Gasteiger charge is -2.39. The Hall–Kier alpha value is -2.12. The van der Waals surface area contributed by atoms with Gasteiger partial charge < -0.3 is 20.4 Å². The molecule has 1 saturated carbocycles. The van der Waals surface area contributed by atoms with E-state index in [9.17, 15) is 9.59 Å². The Morgan fingerprint density at radius 2 is 1.72 bits per heavy atom. The van der Waals surface area contributed by atoms with Crippen LogP contribution in [0.5, 0.6) is 0 Å². The van der Waals surface area contributed by atoms with E-state index in [0.717, 1.165) is 64.8 Å². The van der Waals surface area contributed by atoms with Crippen LogP contribution in [-0.2, 0) is 16.0 Å². The van der Waals surface area contributed by atoms with Crippen LogP contribution in [-0.4, -0.2) is 81.0 Å². The average molecular weight is 442 g/mol. The second kappa shape index (κ2) is 10.7. The van der Waals surface area contributed by atoms with E-state index in [-0.39, 0.29) is 12.1 Å². The van der Waals surface area contributed by atoms with Crippen LogP contribution < -0.4 is 15.5 Å². The van der Waals surface area contributed by atoms with Crippen molar-refractivity contribution >= 4 is 17.5 Å². The molecule has 1 aromatic carbocycles. The van der Waals surface area contributed by atoms with Gasteiger partial charge in [-0.25, -0.2) is 0 Å². The van der Waals surface area contributed by atoms with Crippen molar-refractivity contribution < 1.29 is 9.59 Å². The number of fused-ring (bicyclic) bond motifs is 1. The van der Waals surface area contributed by atoms with Crippen molar-refractivity contribution in [1.29, 1.82) is 0 Å². The molecule has 0 radical (unpaired) electrons. The van der Waals surface area contributed by atoms with Crippen LogP contribution in [0.25, 0.3) is 0 Å². The lowest BCUT2D eigenvalue weighted by atomic mass is 9.95. The average Bonchev–Trinajstić information content (AvgIpc) is 2.81. The highest BCUT2D eigenvalue weighted by Gasteiger charge is 2.27. The summed E-state index contributed by atoms with van der Waals surface area (Å²) in [6.45, 7) is 5.50. The zero-order chi connectivity index (χ0) is 22.5. The number of likely N-dealkylation sites (N-methyl/N-ethyl adjacent to an activating group) is 1. The fourth-order valence-corrected chi connectivity index (χ4v) is 5.37. The lowest BCUT2D eigenvalue weighted by molar-refractivity contribution is -0.139. The molecule has 3 aliphatic rings. The molecule has 2 amide bonds. The van der Waals surface area contributed by atoms with Crippen LogP contribution in [0.1, 0.15) is 55.7 Å². The monoisotopic (exact) mass is 441 g/mol. The second-order valence-electron chi connectivity index (χ2n) is 9.79. The summed E-state index contributed by atoms with van der Waals surface area (Å²) in [7, 11) is 4.30. The molecule has 1 aliphatic carbocycles. The van der Waals surface area contributed by atoms with E-state index in [2.05, 4.69) is 57.6 Å². The van der Waals surface area contributed by atoms with E-state index in [1.165, 1.54) is 29.7 Å². The van der Waals surface area contributed by atoms with Crippen LogP contribution >= 0.6 is 0 Å². The summed E-state index contributed by atoms with van der Waals surface area (Å²) in [5, 5.41) is 5.89. The van der Waals surface area contributed by atoms with E-state index in [1.54, 1.807) is 0 Å². The summed E-state index contributed by atoms with van der Waals surface area (Å²) in [4.78, 5) is 32.2. The van der Waals surface area contributed by atoms with Gasteiger partial charge in [0.2, 0.25) is 0 Å². The van der Waals surface area contributed by atoms with E-state index >= 15 is 0 Å². The molecule has 2 N–H and O–H groups in total. The maximum Gasteiger partial charge on any atom is 0.309 e. The van der Waals surface area contributed by atoms with E-state index in [4.69, 9.17) is 0 Å². The van der Waals surface area contributed by atoms with Gasteiger partial charge >= 0.3 is 11.8 Å². The minimum Gasteiger partial charge on any atom is -0.374 e. The minimum absolute atomic E-state index is 0.0765. The molecule has 176 valence electrons. The summed E-state index contributed by atoms with van der Waals surface area (Å²) < 4.78 is 0. The normalized spacial score (nSPS) is 21.6. The van der Waals surface area contributed by atoms with Crippen molar-refractivity contribution in [3.8, 4) is 0 Å². The third-order valence-corrected chi connectivity index (χ3v) is 7.42. The quantitative estimate of drug-likeness (QED) is 0.684. The number of piperazine rings is 1. The van der Waals surface area contributed by atoms with Crippen LogP contribution in [0, 0.1) is 0 Å². The highest BCUT2D eigenvalue weighted by Crippen LogP contribution is 2.31. The van der Waals surface area contributed by atoms with Gasteiger partial charge in [-0.15, -0.1) is 0 Å². The predicted octanol–water partition coefficient (Wildman–Crippen LogP) is 1.92. The van der Waals surface area contributed by atoms with Crippen LogP contribution in [0.4, 0.5) is 5.69 Å². The molecule has 0 spiro atoms. The molecule has 4 rings (SSSR count).